The van der Waals surface area contributed by atoms with Crippen molar-refractivity contribution in [2.45, 2.75) is 19.5 Å². The summed E-state index contributed by atoms with van der Waals surface area (Å²) in [4.78, 5) is 8.18. The van der Waals surface area contributed by atoms with Crippen molar-refractivity contribution in [1.82, 2.24) is 0 Å². The van der Waals surface area contributed by atoms with Gasteiger partial charge in [0.25, 0.3) is 12.0 Å². The van der Waals surface area contributed by atoms with E-state index in [1.54, 1.807) is 36.4 Å². The molecule has 0 spiro atoms. The number of nitrogens with zero attached hydrogens (tertiary/aromatic N) is 2. The average molecular weight is 478 g/mol. The lowest BCUT2D eigenvalue weighted by molar-refractivity contribution is 0.315. The van der Waals surface area contributed by atoms with Gasteiger partial charge in [-0.25, -0.2) is 9.98 Å². The van der Waals surface area contributed by atoms with Crippen LogP contribution in [0.25, 0.3) is 0 Å². The first-order valence-electron chi connectivity index (χ1n) is 8.15. The molecule has 0 bridgehead atoms. The van der Waals surface area contributed by atoms with E-state index < -0.39 is 0 Å². The summed E-state index contributed by atoms with van der Waals surface area (Å²) in [7, 11) is 0. The summed E-state index contributed by atoms with van der Waals surface area (Å²) in [5, 5.41) is 2.51. The highest BCUT2D eigenvalue weighted by atomic mass is 35.5. The molecular weight excluding hydrogens is 458 g/mol. The Morgan fingerprint density at radius 2 is 1.10 bits per heavy atom. The zero-order chi connectivity index (χ0) is 20.3. The summed E-state index contributed by atoms with van der Waals surface area (Å²) in [6, 6.07) is 10.6. The predicted octanol–water partition coefficient (Wildman–Crippen LogP) is 5.39. The molecule has 6 nitrogen and oxygen atoms in total. The van der Waals surface area contributed by atoms with Gasteiger partial charge in [0.05, 0.1) is 0 Å². The van der Waals surface area contributed by atoms with Crippen molar-refractivity contribution >= 4 is 58.4 Å². The maximum Gasteiger partial charge on any atom is 0.282 e. The highest BCUT2D eigenvalue weighted by molar-refractivity contribution is 6.34. The Kier molecular flexibility index (Phi) is 8.28. The average Bonchev–Trinajstić information content (AvgIpc) is 3.28. The van der Waals surface area contributed by atoms with Crippen LogP contribution in [0.5, 0.6) is 0 Å². The lowest BCUT2D eigenvalue weighted by atomic mass is 10.1. The van der Waals surface area contributed by atoms with Gasteiger partial charge >= 0.3 is 0 Å². The summed E-state index contributed by atoms with van der Waals surface area (Å²) >= 11 is 23.7. The zero-order valence-corrected chi connectivity index (χ0v) is 17.4. The zero-order valence-electron chi connectivity index (χ0n) is 14.4. The fourth-order valence-electron chi connectivity index (χ4n) is 2.64. The van der Waals surface area contributed by atoms with Crippen molar-refractivity contribution in [2.75, 3.05) is 13.2 Å². The molecule has 2 heterocycles. The third-order valence-corrected chi connectivity index (χ3v) is 5.14. The second-order valence-corrected chi connectivity index (χ2v) is 7.61. The minimum atomic E-state index is -0.138. The van der Waals surface area contributed by atoms with Gasteiger partial charge in [-0.2, -0.15) is 0 Å². The normalized spacial score (nSPS) is 19.7. The topological polar surface area (TPSA) is 95.2 Å². The molecule has 2 aliphatic heterocycles. The number of rotatable bonds is 2. The number of hydrogen-bond donors (Lipinski definition) is 2. The molecule has 0 saturated heterocycles. The van der Waals surface area contributed by atoms with E-state index in [2.05, 4.69) is 9.98 Å². The number of aliphatic imine (C=N–C) groups is 2. The molecule has 2 aliphatic rings. The summed E-state index contributed by atoms with van der Waals surface area (Å²) in [5.41, 5.74) is 12.5. The lowest BCUT2D eigenvalue weighted by Gasteiger charge is -2.07. The van der Waals surface area contributed by atoms with Crippen LogP contribution < -0.4 is 11.5 Å². The monoisotopic (exact) mass is 476 g/mol. The molecule has 2 atom stereocenters. The van der Waals surface area contributed by atoms with Crippen LogP contribution in [0.2, 0.25) is 20.1 Å². The highest BCUT2D eigenvalue weighted by Crippen LogP contribution is 2.31. The Morgan fingerprint density at radius 3 is 1.41 bits per heavy atom. The maximum absolute atomic E-state index is 6.00. The van der Waals surface area contributed by atoms with Gasteiger partial charge in [0.15, 0.2) is 0 Å². The van der Waals surface area contributed by atoms with E-state index in [1.807, 2.05) is 0 Å². The molecule has 10 heteroatoms. The molecule has 0 aromatic heterocycles. The van der Waals surface area contributed by atoms with Crippen molar-refractivity contribution in [3.05, 3.63) is 67.6 Å². The van der Waals surface area contributed by atoms with Gasteiger partial charge in [-0.3, -0.25) is 0 Å². The second kappa shape index (κ2) is 10.3. The van der Waals surface area contributed by atoms with Crippen molar-refractivity contribution in [3.63, 3.8) is 0 Å². The Bertz CT molecular complexity index is 861. The number of benzene rings is 2. The van der Waals surface area contributed by atoms with E-state index >= 15 is 0 Å². The van der Waals surface area contributed by atoms with Crippen LogP contribution in [-0.2, 0) is 9.47 Å². The van der Waals surface area contributed by atoms with Crippen LogP contribution in [0, 0.1) is 0 Å². The molecule has 2 aromatic carbocycles. The minimum absolute atomic E-state index is 0. The van der Waals surface area contributed by atoms with Crippen LogP contribution in [0.3, 0.4) is 0 Å². The molecule has 0 amide bonds. The lowest BCUT2D eigenvalue weighted by Crippen LogP contribution is -2.10. The summed E-state index contributed by atoms with van der Waals surface area (Å²) in [6.07, 6.45) is 0. The molecule has 156 valence electrons. The Labute approximate surface area is 189 Å². The first-order valence-corrected chi connectivity index (χ1v) is 9.66. The van der Waals surface area contributed by atoms with Crippen LogP contribution in [0.4, 0.5) is 0 Å². The van der Waals surface area contributed by atoms with Crippen LogP contribution >= 0.6 is 46.4 Å². The maximum atomic E-state index is 6.00. The molecule has 4 rings (SSSR count). The molecular formula is C19H20Cl4N4O2. The predicted molar refractivity (Wildman–Crippen MR) is 120 cm³/mol. The van der Waals surface area contributed by atoms with E-state index in [0.717, 1.165) is 11.1 Å². The van der Waals surface area contributed by atoms with Gasteiger partial charge in [0, 0.05) is 31.2 Å². The van der Waals surface area contributed by atoms with E-state index in [9.17, 15) is 0 Å². The molecule has 0 unspecified atom stereocenters. The van der Waals surface area contributed by atoms with Crippen LogP contribution in [0.15, 0.2) is 46.4 Å². The SMILES string of the molecule is C.NC1=N[C@@H](c2cc(Cl)ccc2Cl)CO1.NC1=N[C@H](c2cc(Cl)ccc2Cl)CO1. The molecule has 29 heavy (non-hydrogen) atoms. The van der Waals surface area contributed by atoms with Gasteiger partial charge in [-0.1, -0.05) is 53.8 Å². The van der Waals surface area contributed by atoms with Crippen LogP contribution in [0.1, 0.15) is 30.6 Å². The van der Waals surface area contributed by atoms with Gasteiger partial charge in [0.2, 0.25) is 0 Å². The van der Waals surface area contributed by atoms with Gasteiger partial charge in [-0.05, 0) is 36.4 Å². The van der Waals surface area contributed by atoms with Crippen molar-refractivity contribution < 1.29 is 9.47 Å². The fourth-order valence-corrected chi connectivity index (χ4v) is 3.49. The Balaban J connectivity index is 0.000000200. The van der Waals surface area contributed by atoms with Gasteiger partial charge in [-0.15, -0.1) is 0 Å². The standard InChI is InChI=1S/2C9H8Cl2N2O.CH4/c2*10-5-1-2-7(11)6(3-5)8-4-14-9(12)13-8;/h2*1-3,8H,4H2,(H2,12,13);1H4/t2*8-;/m10./s1. The smallest absolute Gasteiger partial charge is 0.282 e. The Morgan fingerprint density at radius 1 is 0.724 bits per heavy atom. The second-order valence-electron chi connectivity index (χ2n) is 5.92. The van der Waals surface area contributed by atoms with E-state index in [4.69, 9.17) is 67.3 Å². The number of amidine groups is 2. The molecule has 4 N–H and O–H groups in total. The molecule has 0 aliphatic carbocycles. The third-order valence-electron chi connectivity index (χ3n) is 3.98. The molecule has 2 aromatic rings. The molecule has 0 fully saturated rings. The summed E-state index contributed by atoms with van der Waals surface area (Å²) in [5.74, 6) is 0. The van der Waals surface area contributed by atoms with E-state index in [-0.39, 0.29) is 31.6 Å². The largest absolute Gasteiger partial charge is 0.463 e. The quantitative estimate of drug-likeness (QED) is 0.605. The highest BCUT2D eigenvalue weighted by Gasteiger charge is 2.22. The first-order chi connectivity index (χ1) is 13.3. The number of halogens is 4. The first kappa shape index (κ1) is 23.4. The van der Waals surface area contributed by atoms with Crippen molar-refractivity contribution in [3.8, 4) is 0 Å². The minimum Gasteiger partial charge on any atom is -0.463 e. The van der Waals surface area contributed by atoms with Crippen molar-refractivity contribution in [1.29, 1.82) is 0 Å². The molecule has 0 radical (unpaired) electrons. The van der Waals surface area contributed by atoms with E-state index in [1.165, 1.54) is 0 Å². The fraction of sp³-hybridized carbons (Fsp3) is 0.263. The van der Waals surface area contributed by atoms with Crippen LogP contribution in [-0.4, -0.2) is 25.3 Å². The summed E-state index contributed by atoms with van der Waals surface area (Å²) < 4.78 is 10.1. The van der Waals surface area contributed by atoms with Crippen molar-refractivity contribution in [2.24, 2.45) is 21.5 Å². The number of nitrogens with two attached hydrogens (primary N) is 2. The molecule has 0 saturated carbocycles. The van der Waals surface area contributed by atoms with Gasteiger partial charge in [0.1, 0.15) is 25.3 Å². The number of ether oxygens (including phenoxy) is 2. The Hall–Kier alpha value is -1.86. The summed E-state index contributed by atoms with van der Waals surface area (Å²) in [6.45, 7) is 0.845. The number of hydrogen-bond acceptors (Lipinski definition) is 6. The van der Waals surface area contributed by atoms with E-state index in [0.29, 0.717) is 33.3 Å². The van der Waals surface area contributed by atoms with Gasteiger partial charge < -0.3 is 20.9 Å². The third kappa shape index (κ3) is 6.06.